The highest BCUT2D eigenvalue weighted by atomic mass is 35.5. The van der Waals surface area contributed by atoms with E-state index in [1.54, 1.807) is 26.0 Å². The first kappa shape index (κ1) is 16.7. The Hall–Kier alpha value is -2.18. The number of thiophene rings is 1. The topological polar surface area (TPSA) is 61.2 Å². The number of esters is 1. The van der Waals surface area contributed by atoms with Crippen LogP contribution < -0.4 is 5.56 Å². The molecule has 1 aromatic carbocycles. The molecule has 7 heteroatoms. The zero-order valence-electron chi connectivity index (χ0n) is 13.2. The Kier molecular flexibility index (Phi) is 4.69. The minimum absolute atomic E-state index is 0.258. The number of aromatic nitrogens is 2. The van der Waals surface area contributed by atoms with Gasteiger partial charge in [-0.3, -0.25) is 9.36 Å². The molecule has 0 N–H and O–H groups in total. The van der Waals surface area contributed by atoms with Crippen molar-refractivity contribution in [3.8, 4) is 11.1 Å². The van der Waals surface area contributed by atoms with E-state index in [2.05, 4.69) is 4.98 Å². The van der Waals surface area contributed by atoms with Crippen molar-refractivity contribution in [2.24, 2.45) is 0 Å². The Morgan fingerprint density at radius 2 is 2.08 bits per heavy atom. The van der Waals surface area contributed by atoms with Gasteiger partial charge in [-0.1, -0.05) is 23.7 Å². The van der Waals surface area contributed by atoms with Crippen LogP contribution in [0.3, 0.4) is 0 Å². The summed E-state index contributed by atoms with van der Waals surface area (Å²) in [5.41, 5.74) is 1.41. The molecule has 2 heterocycles. The van der Waals surface area contributed by atoms with E-state index in [-0.39, 0.29) is 12.2 Å². The van der Waals surface area contributed by atoms with Gasteiger partial charge in [-0.05, 0) is 31.5 Å². The lowest BCUT2D eigenvalue weighted by molar-refractivity contribution is -0.146. The molecule has 0 saturated heterocycles. The highest BCUT2D eigenvalue weighted by Crippen LogP contribution is 2.31. The van der Waals surface area contributed by atoms with Crippen molar-refractivity contribution in [2.45, 2.75) is 19.9 Å². The zero-order chi connectivity index (χ0) is 17.3. The van der Waals surface area contributed by atoms with Crippen LogP contribution in [0.5, 0.6) is 0 Å². The normalized spacial score (nSPS) is 12.3. The van der Waals surface area contributed by atoms with Gasteiger partial charge in [-0.25, -0.2) is 9.78 Å². The fourth-order valence-electron chi connectivity index (χ4n) is 2.44. The van der Waals surface area contributed by atoms with Crippen LogP contribution in [0, 0.1) is 0 Å². The van der Waals surface area contributed by atoms with Gasteiger partial charge in [0.2, 0.25) is 0 Å². The second-order valence-electron chi connectivity index (χ2n) is 5.22. The quantitative estimate of drug-likeness (QED) is 0.660. The number of nitrogens with zero attached hydrogens (tertiary/aromatic N) is 2. The molecule has 0 aliphatic carbocycles. The van der Waals surface area contributed by atoms with Crippen molar-refractivity contribution in [1.82, 2.24) is 9.55 Å². The van der Waals surface area contributed by atoms with E-state index >= 15 is 0 Å². The van der Waals surface area contributed by atoms with Gasteiger partial charge in [0.15, 0.2) is 0 Å². The third-order valence-electron chi connectivity index (χ3n) is 3.72. The molecular formula is C17H15ClN2O3S. The number of hydrogen-bond donors (Lipinski definition) is 0. The Labute approximate surface area is 147 Å². The minimum atomic E-state index is -0.729. The van der Waals surface area contributed by atoms with Gasteiger partial charge in [0, 0.05) is 16.0 Å². The van der Waals surface area contributed by atoms with E-state index in [9.17, 15) is 9.59 Å². The number of benzene rings is 1. The first-order chi connectivity index (χ1) is 11.5. The molecule has 124 valence electrons. The third kappa shape index (κ3) is 2.95. The molecule has 0 bridgehead atoms. The average Bonchev–Trinajstić information content (AvgIpc) is 3.00. The molecule has 0 saturated carbocycles. The van der Waals surface area contributed by atoms with E-state index in [1.807, 2.05) is 17.5 Å². The molecule has 0 amide bonds. The van der Waals surface area contributed by atoms with Crippen molar-refractivity contribution in [3.05, 3.63) is 51.3 Å². The van der Waals surface area contributed by atoms with Crippen molar-refractivity contribution in [3.63, 3.8) is 0 Å². The van der Waals surface area contributed by atoms with Crippen molar-refractivity contribution in [1.29, 1.82) is 0 Å². The Balaban J connectivity index is 2.14. The summed E-state index contributed by atoms with van der Waals surface area (Å²) in [7, 11) is 0. The lowest BCUT2D eigenvalue weighted by Crippen LogP contribution is -2.29. The fraction of sp³-hybridized carbons (Fsp3) is 0.235. The van der Waals surface area contributed by atoms with Crippen molar-refractivity contribution < 1.29 is 9.53 Å². The Morgan fingerprint density at radius 1 is 1.38 bits per heavy atom. The van der Waals surface area contributed by atoms with Gasteiger partial charge >= 0.3 is 5.97 Å². The third-order valence-corrected chi connectivity index (χ3v) is 4.86. The van der Waals surface area contributed by atoms with Crippen LogP contribution in [0.4, 0.5) is 0 Å². The number of fused-ring (bicyclic) bond motifs is 1. The van der Waals surface area contributed by atoms with Gasteiger partial charge in [0.25, 0.3) is 5.56 Å². The van der Waals surface area contributed by atoms with Crippen molar-refractivity contribution >= 4 is 39.1 Å². The summed E-state index contributed by atoms with van der Waals surface area (Å²) in [6.45, 7) is 3.62. The van der Waals surface area contributed by atoms with Crippen LogP contribution in [0.2, 0.25) is 5.02 Å². The van der Waals surface area contributed by atoms with Gasteiger partial charge in [-0.15, -0.1) is 11.3 Å². The highest BCUT2D eigenvalue weighted by molar-refractivity contribution is 7.17. The molecule has 0 aliphatic rings. The predicted molar refractivity (Wildman–Crippen MR) is 95.7 cm³/mol. The fourth-order valence-corrected chi connectivity index (χ4v) is 3.47. The molecule has 3 rings (SSSR count). The second-order valence-corrected chi connectivity index (χ2v) is 6.52. The smallest absolute Gasteiger partial charge is 0.328 e. The minimum Gasteiger partial charge on any atom is -0.464 e. The summed E-state index contributed by atoms with van der Waals surface area (Å²) < 4.78 is 6.31. The number of ether oxygens (including phenoxy) is 1. The predicted octanol–water partition coefficient (Wildman–Crippen LogP) is 3.90. The first-order valence-corrected chi connectivity index (χ1v) is 8.69. The maximum Gasteiger partial charge on any atom is 0.328 e. The summed E-state index contributed by atoms with van der Waals surface area (Å²) in [6, 6.07) is 6.53. The summed E-state index contributed by atoms with van der Waals surface area (Å²) in [5.74, 6) is -0.455. The number of rotatable bonds is 4. The second kappa shape index (κ2) is 6.75. The van der Waals surface area contributed by atoms with Crippen LogP contribution in [0.1, 0.15) is 19.9 Å². The van der Waals surface area contributed by atoms with E-state index in [4.69, 9.17) is 16.3 Å². The molecular weight excluding hydrogens is 348 g/mol. The number of hydrogen-bond acceptors (Lipinski definition) is 5. The molecule has 24 heavy (non-hydrogen) atoms. The van der Waals surface area contributed by atoms with Crippen LogP contribution in [-0.4, -0.2) is 22.1 Å². The maximum atomic E-state index is 12.9. The molecule has 0 radical (unpaired) electrons. The highest BCUT2D eigenvalue weighted by Gasteiger charge is 2.21. The first-order valence-electron chi connectivity index (χ1n) is 7.43. The van der Waals surface area contributed by atoms with E-state index in [0.717, 1.165) is 11.1 Å². The van der Waals surface area contributed by atoms with Crippen LogP contribution >= 0.6 is 22.9 Å². The molecule has 0 fully saturated rings. The van der Waals surface area contributed by atoms with Gasteiger partial charge in [0.05, 0.1) is 18.3 Å². The summed E-state index contributed by atoms with van der Waals surface area (Å²) in [5, 5.41) is 3.02. The molecule has 3 aromatic rings. The van der Waals surface area contributed by atoms with Gasteiger partial charge in [-0.2, -0.15) is 0 Å². The number of carbonyl (C=O) groups excluding carboxylic acids is 1. The lowest BCUT2D eigenvalue weighted by atomic mass is 10.1. The molecule has 0 aliphatic heterocycles. The van der Waals surface area contributed by atoms with Crippen molar-refractivity contribution in [2.75, 3.05) is 6.61 Å². The lowest BCUT2D eigenvalue weighted by Gasteiger charge is -2.13. The maximum absolute atomic E-state index is 12.9. The molecule has 2 aromatic heterocycles. The largest absolute Gasteiger partial charge is 0.464 e. The van der Waals surface area contributed by atoms with Crippen LogP contribution in [0.15, 0.2) is 40.8 Å². The number of halogens is 1. The van der Waals surface area contributed by atoms with Crippen LogP contribution in [0.25, 0.3) is 21.3 Å². The van der Waals surface area contributed by atoms with E-state index in [1.165, 1.54) is 22.2 Å². The summed E-state index contributed by atoms with van der Waals surface area (Å²) >= 11 is 7.32. The SMILES string of the molecule is CCOC(=O)[C@@H](C)n1cnc2scc(-c3ccc(Cl)cc3)c2c1=O. The Bertz CT molecular complexity index is 947. The molecule has 0 unspecified atom stereocenters. The zero-order valence-corrected chi connectivity index (χ0v) is 14.7. The van der Waals surface area contributed by atoms with Gasteiger partial charge in [0.1, 0.15) is 10.9 Å². The monoisotopic (exact) mass is 362 g/mol. The molecule has 1 atom stereocenters. The molecule has 0 spiro atoms. The van der Waals surface area contributed by atoms with Crippen LogP contribution in [-0.2, 0) is 9.53 Å². The van der Waals surface area contributed by atoms with E-state index in [0.29, 0.717) is 15.2 Å². The standard InChI is InChI=1S/C17H15ClN2O3S/c1-3-23-17(22)10(2)20-9-19-15-14(16(20)21)13(8-24-15)11-4-6-12(18)7-5-11/h4-10H,3H2,1-2H3/t10-/m1/s1. The average molecular weight is 363 g/mol. The van der Waals surface area contributed by atoms with Gasteiger partial charge < -0.3 is 4.74 Å². The Morgan fingerprint density at radius 3 is 2.75 bits per heavy atom. The van der Waals surface area contributed by atoms with E-state index < -0.39 is 12.0 Å². The summed E-state index contributed by atoms with van der Waals surface area (Å²) in [4.78, 5) is 29.8. The number of carbonyl (C=O) groups is 1. The summed E-state index contributed by atoms with van der Waals surface area (Å²) in [6.07, 6.45) is 1.40. The molecule has 5 nitrogen and oxygen atoms in total.